The van der Waals surface area contributed by atoms with Crippen LogP contribution in [0, 0.1) is 0 Å². The number of hydrogen-bond acceptors (Lipinski definition) is 4. The fraction of sp³-hybridized carbons (Fsp3) is 0.122. The molecule has 0 N–H and O–H groups in total. The van der Waals surface area contributed by atoms with Gasteiger partial charge in [0.15, 0.2) is 17.5 Å². The zero-order valence-corrected chi connectivity index (χ0v) is 30.2. The van der Waals surface area contributed by atoms with E-state index in [0.717, 1.165) is 79.3 Å². The summed E-state index contributed by atoms with van der Waals surface area (Å²) in [4.78, 5) is 14.9. The number of nitrogens with zero attached hydrogens (tertiary/aromatic N) is 3. The van der Waals surface area contributed by atoms with E-state index < -0.39 is 11.7 Å². The van der Waals surface area contributed by atoms with Crippen LogP contribution in [0.25, 0.3) is 78.4 Å². The first-order valence-electron chi connectivity index (χ1n) is 18.9. The molecule has 10 rings (SSSR count). The average molecular weight is 738 g/mol. The first-order chi connectivity index (χ1) is 27.4. The SMILES string of the molecule is FC(F)(F)C1=CC=C(C2CCc3ccccc3-c3cc(-c4ccc5oc6cccc(-c7nc(-c8ccccc8)nc(-c8ccccc8)n7)c6c5c4)ccc32)CC1. The molecule has 0 saturated heterocycles. The van der Waals surface area contributed by atoms with Gasteiger partial charge in [-0.15, -0.1) is 0 Å². The molecule has 6 aromatic carbocycles. The first kappa shape index (κ1) is 33.9. The highest BCUT2D eigenvalue weighted by molar-refractivity contribution is 6.12. The predicted octanol–water partition coefficient (Wildman–Crippen LogP) is 13.3. The lowest BCUT2D eigenvalue weighted by Crippen LogP contribution is -2.15. The molecule has 0 saturated carbocycles. The molecule has 0 amide bonds. The van der Waals surface area contributed by atoms with Crippen LogP contribution in [0.1, 0.15) is 36.3 Å². The maximum atomic E-state index is 13.5. The van der Waals surface area contributed by atoms with E-state index in [9.17, 15) is 13.2 Å². The molecule has 8 aromatic rings. The maximum Gasteiger partial charge on any atom is 0.412 e. The normalized spacial score (nSPS) is 15.5. The molecule has 272 valence electrons. The van der Waals surface area contributed by atoms with Crippen molar-refractivity contribution in [1.29, 1.82) is 0 Å². The molecule has 7 heteroatoms. The lowest BCUT2D eigenvalue weighted by atomic mass is 9.80. The first-order valence-corrected chi connectivity index (χ1v) is 18.9. The standard InChI is InChI=1S/C49H34F3N3O/c50-49(51,52)36-23-18-31(19-24-36)38-25-20-30-10-7-8-15-37(30)41-28-34(21-26-39(38)41)35-22-27-43-42(29-35)45-40(16-9-17-44(45)56-43)48-54-46(32-11-3-1-4-12-32)53-47(55-48)33-13-5-2-6-14-33/h1-18,21-23,26-29,38H,19-20,24-25H2. The lowest BCUT2D eigenvalue weighted by Gasteiger charge is -2.25. The van der Waals surface area contributed by atoms with Gasteiger partial charge in [-0.05, 0) is 83.3 Å². The molecule has 1 unspecified atom stereocenters. The van der Waals surface area contributed by atoms with Crippen molar-refractivity contribution in [3.05, 3.63) is 174 Å². The van der Waals surface area contributed by atoms with Crippen LogP contribution in [0.4, 0.5) is 13.2 Å². The van der Waals surface area contributed by atoms with Gasteiger partial charge < -0.3 is 4.42 Å². The van der Waals surface area contributed by atoms with Crippen LogP contribution in [0.5, 0.6) is 0 Å². The molecule has 0 bridgehead atoms. The molecule has 0 fully saturated rings. The number of alkyl halides is 3. The predicted molar refractivity (Wildman–Crippen MR) is 217 cm³/mol. The summed E-state index contributed by atoms with van der Waals surface area (Å²) in [5.41, 5.74) is 11.5. The smallest absolute Gasteiger partial charge is 0.412 e. The quantitative estimate of drug-likeness (QED) is 0.176. The fourth-order valence-electron chi connectivity index (χ4n) is 8.42. The summed E-state index contributed by atoms with van der Waals surface area (Å²) >= 11 is 0. The summed E-state index contributed by atoms with van der Waals surface area (Å²) < 4.78 is 47.0. The van der Waals surface area contributed by atoms with Crippen LogP contribution in [0.2, 0.25) is 0 Å². The van der Waals surface area contributed by atoms with Crippen LogP contribution >= 0.6 is 0 Å². The number of allylic oxidation sites excluding steroid dienone is 4. The fourth-order valence-corrected chi connectivity index (χ4v) is 8.42. The maximum absolute atomic E-state index is 13.5. The Hall–Kier alpha value is -6.60. The van der Waals surface area contributed by atoms with Crippen molar-refractivity contribution in [2.45, 2.75) is 37.8 Å². The Morgan fingerprint density at radius 3 is 1.89 bits per heavy atom. The minimum absolute atomic E-state index is 0.0124. The highest BCUT2D eigenvalue weighted by Crippen LogP contribution is 2.47. The van der Waals surface area contributed by atoms with Gasteiger partial charge in [0.2, 0.25) is 0 Å². The molecule has 0 aliphatic heterocycles. The van der Waals surface area contributed by atoms with Crippen molar-refractivity contribution in [3.63, 3.8) is 0 Å². The Morgan fingerprint density at radius 1 is 0.518 bits per heavy atom. The summed E-state index contributed by atoms with van der Waals surface area (Å²) in [7, 11) is 0. The Labute approximate surface area is 321 Å². The van der Waals surface area contributed by atoms with Crippen LogP contribution in [0.3, 0.4) is 0 Å². The molecular weight excluding hydrogens is 704 g/mol. The van der Waals surface area contributed by atoms with E-state index in [1.54, 1.807) is 6.08 Å². The number of furan rings is 1. The van der Waals surface area contributed by atoms with Crippen LogP contribution < -0.4 is 0 Å². The second-order valence-corrected chi connectivity index (χ2v) is 14.5. The largest absolute Gasteiger partial charge is 0.456 e. The minimum Gasteiger partial charge on any atom is -0.456 e. The van der Waals surface area contributed by atoms with Crippen molar-refractivity contribution < 1.29 is 17.6 Å². The van der Waals surface area contributed by atoms with Crippen molar-refractivity contribution in [2.24, 2.45) is 0 Å². The summed E-state index contributed by atoms with van der Waals surface area (Å²) in [6, 6.07) is 47.2. The molecule has 4 nitrogen and oxygen atoms in total. The van der Waals surface area contributed by atoms with Crippen molar-refractivity contribution >= 4 is 21.9 Å². The summed E-state index contributed by atoms with van der Waals surface area (Å²) in [6.45, 7) is 0. The van der Waals surface area contributed by atoms with Gasteiger partial charge in [0.05, 0.1) is 0 Å². The van der Waals surface area contributed by atoms with Gasteiger partial charge in [0.1, 0.15) is 11.2 Å². The summed E-state index contributed by atoms with van der Waals surface area (Å²) in [5.74, 6) is 1.76. The number of halogens is 3. The molecule has 2 aliphatic carbocycles. The molecule has 2 aliphatic rings. The van der Waals surface area contributed by atoms with Crippen LogP contribution in [-0.4, -0.2) is 21.1 Å². The molecule has 1 atom stereocenters. The highest BCUT2D eigenvalue weighted by atomic mass is 19.4. The van der Waals surface area contributed by atoms with Gasteiger partial charge in [-0.25, -0.2) is 15.0 Å². The van der Waals surface area contributed by atoms with E-state index >= 15 is 0 Å². The van der Waals surface area contributed by atoms with Gasteiger partial charge in [0, 0.05) is 39.0 Å². The van der Waals surface area contributed by atoms with Crippen LogP contribution in [-0.2, 0) is 6.42 Å². The number of benzene rings is 6. The van der Waals surface area contributed by atoms with Crippen molar-refractivity contribution in [3.8, 4) is 56.4 Å². The Morgan fingerprint density at radius 2 is 1.18 bits per heavy atom. The zero-order valence-electron chi connectivity index (χ0n) is 30.2. The number of rotatable bonds is 5. The van der Waals surface area contributed by atoms with Crippen molar-refractivity contribution in [2.75, 3.05) is 0 Å². The Balaban J connectivity index is 1.11. The topological polar surface area (TPSA) is 51.8 Å². The van der Waals surface area contributed by atoms with Gasteiger partial charge in [-0.1, -0.05) is 133 Å². The summed E-state index contributed by atoms with van der Waals surface area (Å²) in [6.07, 6.45) is 0.819. The van der Waals surface area contributed by atoms with Gasteiger partial charge in [-0.2, -0.15) is 13.2 Å². The lowest BCUT2D eigenvalue weighted by molar-refractivity contribution is -0.0941. The van der Waals surface area contributed by atoms with E-state index in [4.69, 9.17) is 19.4 Å². The zero-order chi connectivity index (χ0) is 37.8. The molecule has 2 aromatic heterocycles. The Bertz CT molecular complexity index is 2800. The second kappa shape index (κ2) is 13.6. The number of fused-ring (bicyclic) bond motifs is 6. The monoisotopic (exact) mass is 737 g/mol. The van der Waals surface area contributed by atoms with E-state index in [0.29, 0.717) is 23.9 Å². The summed E-state index contributed by atoms with van der Waals surface area (Å²) in [5, 5.41) is 1.87. The van der Waals surface area contributed by atoms with Gasteiger partial charge in [0.25, 0.3) is 0 Å². The second-order valence-electron chi connectivity index (χ2n) is 14.5. The number of aromatic nitrogens is 3. The average Bonchev–Trinajstić information content (AvgIpc) is 3.54. The van der Waals surface area contributed by atoms with Gasteiger partial charge in [-0.3, -0.25) is 0 Å². The molecule has 2 heterocycles. The molecule has 56 heavy (non-hydrogen) atoms. The Kier molecular flexibility index (Phi) is 8.24. The van der Waals surface area contributed by atoms with E-state index in [1.165, 1.54) is 17.2 Å². The molecule has 0 radical (unpaired) electrons. The van der Waals surface area contributed by atoms with E-state index in [-0.39, 0.29) is 12.3 Å². The van der Waals surface area contributed by atoms with E-state index in [2.05, 4.69) is 54.6 Å². The highest BCUT2D eigenvalue weighted by Gasteiger charge is 2.35. The van der Waals surface area contributed by atoms with Gasteiger partial charge >= 0.3 is 6.18 Å². The third kappa shape index (κ3) is 6.09. The third-order valence-electron chi connectivity index (χ3n) is 11.2. The molecule has 0 spiro atoms. The minimum atomic E-state index is -4.29. The van der Waals surface area contributed by atoms with Crippen LogP contribution in [0.15, 0.2) is 167 Å². The molecular formula is C49H34F3N3O. The third-order valence-corrected chi connectivity index (χ3v) is 11.2. The van der Waals surface area contributed by atoms with E-state index in [1.807, 2.05) is 84.9 Å². The number of hydrogen-bond donors (Lipinski definition) is 0. The number of aryl methyl sites for hydroxylation is 1. The van der Waals surface area contributed by atoms with Crippen molar-refractivity contribution in [1.82, 2.24) is 15.0 Å².